The molecule has 0 bridgehead atoms. The van der Waals surface area contributed by atoms with E-state index in [1.165, 1.54) is 12.8 Å². The number of hydrogen-bond acceptors (Lipinski definition) is 3. The fourth-order valence-corrected chi connectivity index (χ4v) is 2.58. The van der Waals surface area contributed by atoms with Crippen molar-refractivity contribution in [1.82, 2.24) is 14.8 Å². The van der Waals surface area contributed by atoms with Crippen LogP contribution in [0.2, 0.25) is 10.0 Å². The maximum atomic E-state index is 5.98. The van der Waals surface area contributed by atoms with Crippen LogP contribution in [0.5, 0.6) is 0 Å². The summed E-state index contributed by atoms with van der Waals surface area (Å²) in [6, 6.07) is 5.50. The van der Waals surface area contributed by atoms with Gasteiger partial charge in [-0.15, -0.1) is 10.2 Å². The Balaban J connectivity index is 1.72. The van der Waals surface area contributed by atoms with E-state index < -0.39 is 0 Å². The second kappa shape index (κ2) is 5.39. The Labute approximate surface area is 121 Å². The number of hydrogen-bond donors (Lipinski definition) is 1. The second-order valence-corrected chi connectivity index (χ2v) is 5.44. The zero-order chi connectivity index (χ0) is 13.2. The first-order valence-electron chi connectivity index (χ1n) is 6.34. The average molecular weight is 297 g/mol. The lowest BCUT2D eigenvalue weighted by molar-refractivity contribution is 0.510. The van der Waals surface area contributed by atoms with E-state index in [2.05, 4.69) is 20.1 Å². The second-order valence-electron chi connectivity index (χ2n) is 4.62. The highest BCUT2D eigenvalue weighted by Crippen LogP contribution is 2.25. The summed E-state index contributed by atoms with van der Waals surface area (Å²) >= 11 is 11.9. The number of rotatable bonds is 3. The maximum Gasteiger partial charge on any atom is 0.152 e. The van der Waals surface area contributed by atoms with Gasteiger partial charge >= 0.3 is 0 Å². The molecule has 3 rings (SSSR count). The van der Waals surface area contributed by atoms with Crippen molar-refractivity contribution in [1.29, 1.82) is 0 Å². The molecule has 0 amide bonds. The van der Waals surface area contributed by atoms with Crippen LogP contribution in [0, 0.1) is 0 Å². The van der Waals surface area contributed by atoms with Gasteiger partial charge in [0.1, 0.15) is 5.82 Å². The summed E-state index contributed by atoms with van der Waals surface area (Å²) < 4.78 is 2.20. The quantitative estimate of drug-likeness (QED) is 0.942. The lowest BCUT2D eigenvalue weighted by Gasteiger charge is -2.15. The lowest BCUT2D eigenvalue weighted by atomic mass is 10.2. The van der Waals surface area contributed by atoms with Gasteiger partial charge in [0.2, 0.25) is 0 Å². The summed E-state index contributed by atoms with van der Waals surface area (Å²) in [7, 11) is 0. The monoisotopic (exact) mass is 296 g/mol. The van der Waals surface area contributed by atoms with Gasteiger partial charge in [-0.2, -0.15) is 0 Å². The van der Waals surface area contributed by atoms with E-state index in [0.29, 0.717) is 16.6 Å². The Bertz CT molecular complexity index is 594. The summed E-state index contributed by atoms with van der Waals surface area (Å²) in [6.07, 6.45) is 3.43. The minimum Gasteiger partial charge on any atom is -0.378 e. The number of anilines is 1. The van der Waals surface area contributed by atoms with E-state index in [4.69, 9.17) is 23.2 Å². The van der Waals surface area contributed by atoms with Crippen LogP contribution in [-0.2, 0) is 19.5 Å². The summed E-state index contributed by atoms with van der Waals surface area (Å²) in [5.41, 5.74) is 0.933. The number of aromatic nitrogens is 3. The molecule has 2 heterocycles. The van der Waals surface area contributed by atoms with Crippen molar-refractivity contribution in [3.63, 3.8) is 0 Å². The predicted octanol–water partition coefficient (Wildman–Crippen LogP) is 3.53. The van der Waals surface area contributed by atoms with Gasteiger partial charge in [0.25, 0.3) is 0 Å². The molecule has 1 N–H and O–H groups in total. The molecule has 0 fully saturated rings. The molecule has 2 aromatic rings. The van der Waals surface area contributed by atoms with Crippen molar-refractivity contribution in [2.75, 3.05) is 5.32 Å². The normalized spacial score (nSPS) is 14.2. The van der Waals surface area contributed by atoms with Crippen LogP contribution in [0.4, 0.5) is 5.69 Å². The van der Waals surface area contributed by atoms with E-state index >= 15 is 0 Å². The molecule has 19 heavy (non-hydrogen) atoms. The van der Waals surface area contributed by atoms with E-state index in [-0.39, 0.29) is 0 Å². The number of aryl methyl sites for hydroxylation is 1. The molecule has 0 aliphatic carbocycles. The Morgan fingerprint density at radius 3 is 2.89 bits per heavy atom. The van der Waals surface area contributed by atoms with Crippen LogP contribution in [0.1, 0.15) is 24.5 Å². The fraction of sp³-hybridized carbons (Fsp3) is 0.385. The van der Waals surface area contributed by atoms with Gasteiger partial charge < -0.3 is 9.88 Å². The molecular formula is C13H14Cl2N4. The van der Waals surface area contributed by atoms with Crippen LogP contribution < -0.4 is 5.32 Å². The average Bonchev–Trinajstić information content (AvgIpc) is 2.83. The maximum absolute atomic E-state index is 5.98. The summed E-state index contributed by atoms with van der Waals surface area (Å²) in [5, 5.41) is 12.9. The number of nitrogens with one attached hydrogen (secondary N) is 1. The van der Waals surface area contributed by atoms with E-state index in [0.717, 1.165) is 30.3 Å². The highest BCUT2D eigenvalue weighted by atomic mass is 35.5. The topological polar surface area (TPSA) is 42.7 Å². The lowest BCUT2D eigenvalue weighted by Crippen LogP contribution is -2.15. The van der Waals surface area contributed by atoms with Crippen molar-refractivity contribution < 1.29 is 0 Å². The third-order valence-electron chi connectivity index (χ3n) is 3.31. The number of benzene rings is 1. The molecule has 0 saturated carbocycles. The van der Waals surface area contributed by atoms with Crippen LogP contribution in [0.3, 0.4) is 0 Å². The molecular weight excluding hydrogens is 283 g/mol. The van der Waals surface area contributed by atoms with Crippen LogP contribution in [0.15, 0.2) is 18.2 Å². The largest absolute Gasteiger partial charge is 0.378 e. The molecule has 1 aliphatic rings. The summed E-state index contributed by atoms with van der Waals surface area (Å²) in [5.74, 6) is 2.07. The predicted molar refractivity (Wildman–Crippen MR) is 76.7 cm³/mol. The summed E-state index contributed by atoms with van der Waals surface area (Å²) in [6.45, 7) is 1.66. The number of nitrogens with zero attached hydrogens (tertiary/aromatic N) is 3. The first kappa shape index (κ1) is 12.8. The Hall–Kier alpha value is -1.26. The minimum atomic E-state index is 0.551. The Morgan fingerprint density at radius 1 is 1.16 bits per heavy atom. The molecule has 0 saturated heterocycles. The molecule has 6 heteroatoms. The third-order valence-corrected chi connectivity index (χ3v) is 4.05. The standard InChI is InChI=1S/C13H14Cl2N4/c14-10-5-4-9(7-11(10)15)16-8-13-18-17-12-3-1-2-6-19(12)13/h4-5,7,16H,1-3,6,8H2. The Morgan fingerprint density at radius 2 is 2.05 bits per heavy atom. The molecule has 4 nitrogen and oxygen atoms in total. The van der Waals surface area contributed by atoms with Crippen molar-refractivity contribution in [2.24, 2.45) is 0 Å². The highest BCUT2D eigenvalue weighted by molar-refractivity contribution is 6.42. The van der Waals surface area contributed by atoms with Gasteiger partial charge in [-0.25, -0.2) is 0 Å². The zero-order valence-electron chi connectivity index (χ0n) is 10.4. The van der Waals surface area contributed by atoms with Crippen molar-refractivity contribution in [2.45, 2.75) is 32.4 Å². The SMILES string of the molecule is Clc1ccc(NCc2nnc3n2CCCC3)cc1Cl. The highest BCUT2D eigenvalue weighted by Gasteiger charge is 2.15. The van der Waals surface area contributed by atoms with Gasteiger partial charge in [-0.3, -0.25) is 0 Å². The zero-order valence-corrected chi connectivity index (χ0v) is 11.9. The van der Waals surface area contributed by atoms with Crippen LogP contribution in [-0.4, -0.2) is 14.8 Å². The summed E-state index contributed by atoms with van der Waals surface area (Å²) in [4.78, 5) is 0. The van der Waals surface area contributed by atoms with Crippen molar-refractivity contribution >= 4 is 28.9 Å². The fourth-order valence-electron chi connectivity index (χ4n) is 2.29. The van der Waals surface area contributed by atoms with Gasteiger partial charge in [-0.05, 0) is 31.0 Å². The van der Waals surface area contributed by atoms with E-state index in [9.17, 15) is 0 Å². The molecule has 100 valence electrons. The van der Waals surface area contributed by atoms with Crippen molar-refractivity contribution in [3.05, 3.63) is 39.9 Å². The molecule has 0 unspecified atom stereocenters. The smallest absolute Gasteiger partial charge is 0.152 e. The van der Waals surface area contributed by atoms with E-state index in [1.807, 2.05) is 12.1 Å². The number of fused-ring (bicyclic) bond motifs is 1. The molecule has 0 radical (unpaired) electrons. The van der Waals surface area contributed by atoms with Gasteiger partial charge in [0.15, 0.2) is 5.82 Å². The molecule has 1 aromatic heterocycles. The van der Waals surface area contributed by atoms with Gasteiger partial charge in [0.05, 0.1) is 16.6 Å². The molecule has 1 aromatic carbocycles. The van der Waals surface area contributed by atoms with Crippen molar-refractivity contribution in [3.8, 4) is 0 Å². The first-order valence-corrected chi connectivity index (χ1v) is 7.09. The third kappa shape index (κ3) is 2.69. The molecule has 1 aliphatic heterocycles. The van der Waals surface area contributed by atoms with E-state index in [1.54, 1.807) is 6.07 Å². The molecule has 0 atom stereocenters. The van der Waals surface area contributed by atoms with Gasteiger partial charge in [0, 0.05) is 18.7 Å². The van der Waals surface area contributed by atoms with Crippen LogP contribution in [0.25, 0.3) is 0 Å². The van der Waals surface area contributed by atoms with Gasteiger partial charge in [-0.1, -0.05) is 23.2 Å². The Kier molecular flexibility index (Phi) is 3.62. The first-order chi connectivity index (χ1) is 9.24. The molecule has 0 spiro atoms. The minimum absolute atomic E-state index is 0.551. The number of halogens is 2. The van der Waals surface area contributed by atoms with Crippen LogP contribution >= 0.6 is 23.2 Å².